The van der Waals surface area contributed by atoms with Gasteiger partial charge in [-0.25, -0.2) is 0 Å². The number of allylic oxidation sites excluding steroid dienone is 1. The van der Waals surface area contributed by atoms with Crippen LogP contribution in [0.25, 0.3) is 17.2 Å². The maximum Gasteiger partial charge on any atom is 0.0255 e. The van der Waals surface area contributed by atoms with Crippen LogP contribution in [0.15, 0.2) is 36.4 Å². The van der Waals surface area contributed by atoms with Gasteiger partial charge >= 0.3 is 0 Å². The molecule has 0 nitrogen and oxygen atoms in total. The minimum Gasteiger partial charge on any atom is -0.0827 e. The molecule has 0 saturated heterocycles. The normalized spacial score (nSPS) is 19.5. The molecule has 0 aromatic heterocycles. The van der Waals surface area contributed by atoms with Gasteiger partial charge in [-0.05, 0) is 60.1 Å². The summed E-state index contributed by atoms with van der Waals surface area (Å²) in [5.41, 5.74) is 10.7. The Morgan fingerprint density at radius 2 is 1.65 bits per heavy atom. The molecule has 2 aromatic carbocycles. The molecule has 2 aliphatic rings. The summed E-state index contributed by atoms with van der Waals surface area (Å²) in [6, 6.07) is 11.8. The molecule has 2 aromatic rings. The summed E-state index contributed by atoms with van der Waals surface area (Å²) >= 11 is 0. The van der Waals surface area contributed by atoms with Crippen LogP contribution in [0.1, 0.15) is 86.1 Å². The number of hydrogen-bond donors (Lipinski definition) is 0. The lowest BCUT2D eigenvalue weighted by molar-refractivity contribution is 0.447. The van der Waals surface area contributed by atoms with Gasteiger partial charge in [0.15, 0.2) is 0 Å². The molecule has 0 heteroatoms. The third-order valence-electron chi connectivity index (χ3n) is 6.63. The fourth-order valence-corrected chi connectivity index (χ4v) is 5.26. The molecule has 0 spiro atoms. The van der Waals surface area contributed by atoms with Crippen molar-refractivity contribution in [1.82, 2.24) is 0 Å². The molecule has 0 amide bonds. The van der Waals surface area contributed by atoms with Crippen LogP contribution in [-0.4, -0.2) is 0 Å². The summed E-state index contributed by atoms with van der Waals surface area (Å²) < 4.78 is 0. The van der Waals surface area contributed by atoms with Crippen LogP contribution in [0.2, 0.25) is 0 Å². The van der Waals surface area contributed by atoms with E-state index in [2.05, 4.69) is 63.3 Å². The van der Waals surface area contributed by atoms with E-state index in [1.807, 2.05) is 0 Å². The maximum atomic E-state index is 2.48. The minimum absolute atomic E-state index is 0.220. The van der Waals surface area contributed by atoms with Gasteiger partial charge in [0.2, 0.25) is 0 Å². The second-order valence-corrected chi connectivity index (χ2v) is 8.47. The van der Waals surface area contributed by atoms with Crippen LogP contribution >= 0.6 is 0 Å². The van der Waals surface area contributed by atoms with Gasteiger partial charge in [0.05, 0.1) is 0 Å². The second kappa shape index (κ2) is 7.06. The average Bonchev–Trinajstić information content (AvgIpc) is 2.92. The molecule has 0 aliphatic heterocycles. The van der Waals surface area contributed by atoms with E-state index in [4.69, 9.17) is 0 Å². The third-order valence-corrected chi connectivity index (χ3v) is 6.63. The lowest BCUT2D eigenvalue weighted by atomic mass is 9.67. The zero-order chi connectivity index (χ0) is 18.1. The molecule has 2 aliphatic carbocycles. The van der Waals surface area contributed by atoms with E-state index in [0.29, 0.717) is 0 Å². The predicted octanol–water partition coefficient (Wildman–Crippen LogP) is 7.74. The molecular weight excluding hydrogens is 312 g/mol. The lowest BCUT2D eigenvalue weighted by Gasteiger charge is -2.35. The van der Waals surface area contributed by atoms with Crippen LogP contribution in [0.5, 0.6) is 0 Å². The van der Waals surface area contributed by atoms with Crippen LogP contribution in [0.4, 0.5) is 0 Å². The van der Waals surface area contributed by atoms with Gasteiger partial charge in [0.1, 0.15) is 0 Å². The number of benzene rings is 2. The molecular formula is C26H32. The Bertz CT molecular complexity index is 839. The Labute approximate surface area is 159 Å². The molecule has 136 valence electrons. The average molecular weight is 345 g/mol. The van der Waals surface area contributed by atoms with Crippen LogP contribution in [0.3, 0.4) is 0 Å². The molecule has 26 heavy (non-hydrogen) atoms. The van der Waals surface area contributed by atoms with Crippen LogP contribution in [0, 0.1) is 13.8 Å². The van der Waals surface area contributed by atoms with Gasteiger partial charge in [0, 0.05) is 5.41 Å². The van der Waals surface area contributed by atoms with E-state index in [9.17, 15) is 0 Å². The molecule has 0 bridgehead atoms. The van der Waals surface area contributed by atoms with Gasteiger partial charge in [-0.3, -0.25) is 0 Å². The number of hydrogen-bond acceptors (Lipinski definition) is 0. The third kappa shape index (κ3) is 2.75. The zero-order valence-electron chi connectivity index (χ0n) is 16.7. The quantitative estimate of drug-likeness (QED) is 0.451. The van der Waals surface area contributed by atoms with Crippen molar-refractivity contribution >= 4 is 6.08 Å². The van der Waals surface area contributed by atoms with Gasteiger partial charge in [-0.2, -0.15) is 0 Å². The first-order chi connectivity index (χ1) is 12.7. The van der Waals surface area contributed by atoms with Gasteiger partial charge < -0.3 is 0 Å². The Hall–Kier alpha value is -1.82. The Morgan fingerprint density at radius 1 is 0.885 bits per heavy atom. The second-order valence-electron chi connectivity index (χ2n) is 8.47. The highest BCUT2D eigenvalue weighted by molar-refractivity contribution is 5.87. The predicted molar refractivity (Wildman–Crippen MR) is 114 cm³/mol. The number of aryl methyl sites for hydroxylation is 2. The van der Waals surface area contributed by atoms with Crippen molar-refractivity contribution in [2.24, 2.45) is 0 Å². The summed E-state index contributed by atoms with van der Waals surface area (Å²) in [6.45, 7) is 6.81. The van der Waals surface area contributed by atoms with Crippen molar-refractivity contribution in [3.63, 3.8) is 0 Å². The molecule has 0 saturated carbocycles. The number of unbranched alkanes of at least 4 members (excludes halogenated alkanes) is 5. The largest absolute Gasteiger partial charge is 0.0827 e. The van der Waals surface area contributed by atoms with E-state index in [0.717, 1.165) is 0 Å². The number of fused-ring (bicyclic) bond motifs is 3. The van der Waals surface area contributed by atoms with Gasteiger partial charge in [-0.1, -0.05) is 93.5 Å². The van der Waals surface area contributed by atoms with Crippen LogP contribution < -0.4 is 0 Å². The van der Waals surface area contributed by atoms with Crippen molar-refractivity contribution < 1.29 is 0 Å². The van der Waals surface area contributed by atoms with E-state index in [1.165, 1.54) is 79.2 Å². The Kier molecular flexibility index (Phi) is 4.78. The van der Waals surface area contributed by atoms with E-state index < -0.39 is 0 Å². The number of rotatable bonds is 7. The van der Waals surface area contributed by atoms with Crippen molar-refractivity contribution in [2.45, 2.75) is 77.6 Å². The molecule has 4 rings (SSSR count). The van der Waals surface area contributed by atoms with Crippen molar-refractivity contribution in [3.05, 3.63) is 64.2 Å². The summed E-state index contributed by atoms with van der Waals surface area (Å²) in [7, 11) is 0. The molecule has 1 unspecified atom stereocenters. The fourth-order valence-electron chi connectivity index (χ4n) is 5.26. The van der Waals surface area contributed by atoms with Crippen molar-refractivity contribution in [2.75, 3.05) is 0 Å². The summed E-state index contributed by atoms with van der Waals surface area (Å²) in [4.78, 5) is 0. The molecule has 0 heterocycles. The summed E-state index contributed by atoms with van der Waals surface area (Å²) in [5, 5.41) is 0. The van der Waals surface area contributed by atoms with Gasteiger partial charge in [0.25, 0.3) is 0 Å². The van der Waals surface area contributed by atoms with Crippen molar-refractivity contribution in [3.8, 4) is 11.1 Å². The lowest BCUT2D eigenvalue weighted by Crippen LogP contribution is -2.27. The summed E-state index contributed by atoms with van der Waals surface area (Å²) in [5.74, 6) is 0. The highest BCUT2D eigenvalue weighted by atomic mass is 14.5. The SMILES string of the molecule is CCCCCCCCC12CC=Cc3c(C)ccc(c31)-c1ccc(C)cc12. The molecule has 1 atom stereocenters. The van der Waals surface area contributed by atoms with E-state index >= 15 is 0 Å². The standard InChI is InChI=1S/C26H32/c1-4-5-6-7-8-9-16-26-17-10-11-21-20(3)13-15-23(25(21)26)22-14-12-19(2)18-24(22)26/h10-15,18H,4-9,16-17H2,1-3H3. The first-order valence-electron chi connectivity index (χ1n) is 10.6. The van der Waals surface area contributed by atoms with Gasteiger partial charge in [-0.15, -0.1) is 0 Å². The van der Waals surface area contributed by atoms with E-state index in [-0.39, 0.29) is 5.41 Å². The monoisotopic (exact) mass is 344 g/mol. The van der Waals surface area contributed by atoms with Crippen LogP contribution in [-0.2, 0) is 5.41 Å². The van der Waals surface area contributed by atoms with E-state index in [1.54, 1.807) is 11.1 Å². The topological polar surface area (TPSA) is 0 Å². The zero-order valence-corrected chi connectivity index (χ0v) is 16.7. The Morgan fingerprint density at radius 3 is 2.50 bits per heavy atom. The highest BCUT2D eigenvalue weighted by Crippen LogP contribution is 2.57. The minimum atomic E-state index is 0.220. The Balaban J connectivity index is 1.72. The molecule has 0 radical (unpaired) electrons. The molecule has 0 fully saturated rings. The first kappa shape index (κ1) is 17.6. The maximum absolute atomic E-state index is 2.48. The van der Waals surface area contributed by atoms with Crippen molar-refractivity contribution in [1.29, 1.82) is 0 Å². The fraction of sp³-hybridized carbons (Fsp3) is 0.462. The summed E-state index contributed by atoms with van der Waals surface area (Å²) in [6.07, 6.45) is 15.5. The highest BCUT2D eigenvalue weighted by Gasteiger charge is 2.44. The smallest absolute Gasteiger partial charge is 0.0255 e. The first-order valence-corrected chi connectivity index (χ1v) is 10.6. The molecule has 0 N–H and O–H groups in total.